The zero-order valence-corrected chi connectivity index (χ0v) is 15.1. The molecule has 1 saturated carbocycles. The normalized spacial score (nSPS) is 21.5. The monoisotopic (exact) mass is 325 g/mol. The van der Waals surface area contributed by atoms with Crippen LogP contribution in [0.5, 0.6) is 0 Å². The number of amides is 1. The molecular weight excluding hydrogens is 298 g/mol. The quantitative estimate of drug-likeness (QED) is 0.818. The SMILES string of the molecule is CN(C[C@@]1(c2ccccc2)CC1(C)C)C(=O)CCc1ccnn1C. The lowest BCUT2D eigenvalue weighted by atomic mass is 9.87. The first-order valence-electron chi connectivity index (χ1n) is 8.62. The van der Waals surface area contributed by atoms with Crippen molar-refractivity contribution in [3.63, 3.8) is 0 Å². The fourth-order valence-corrected chi connectivity index (χ4v) is 3.89. The van der Waals surface area contributed by atoms with Gasteiger partial charge in [-0.25, -0.2) is 0 Å². The number of aromatic nitrogens is 2. The highest BCUT2D eigenvalue weighted by Gasteiger charge is 2.62. The minimum atomic E-state index is 0.0885. The van der Waals surface area contributed by atoms with Crippen LogP contribution in [0.4, 0.5) is 0 Å². The Morgan fingerprint density at radius 3 is 2.46 bits per heavy atom. The van der Waals surface area contributed by atoms with Crippen LogP contribution in [0.3, 0.4) is 0 Å². The van der Waals surface area contributed by atoms with Crippen LogP contribution >= 0.6 is 0 Å². The van der Waals surface area contributed by atoms with Crippen molar-refractivity contribution in [3.05, 3.63) is 53.9 Å². The highest BCUT2D eigenvalue weighted by Crippen LogP contribution is 2.64. The lowest BCUT2D eigenvalue weighted by Gasteiger charge is -2.28. The smallest absolute Gasteiger partial charge is 0.222 e. The van der Waals surface area contributed by atoms with Crippen molar-refractivity contribution in [2.24, 2.45) is 12.5 Å². The molecule has 2 aromatic rings. The van der Waals surface area contributed by atoms with E-state index in [1.807, 2.05) is 29.7 Å². The predicted molar refractivity (Wildman–Crippen MR) is 95.7 cm³/mol. The standard InChI is InChI=1S/C20H27N3O/c1-19(2)14-20(19,16-8-6-5-7-9-16)15-22(3)18(24)11-10-17-12-13-21-23(17)4/h5-9,12-13H,10-11,14-15H2,1-4H3/t20-/m1/s1. The molecule has 1 aliphatic carbocycles. The van der Waals surface area contributed by atoms with Gasteiger partial charge in [0, 0.05) is 44.4 Å². The fraction of sp³-hybridized carbons (Fsp3) is 0.500. The second-order valence-electron chi connectivity index (χ2n) is 7.70. The van der Waals surface area contributed by atoms with Crippen molar-refractivity contribution in [3.8, 4) is 0 Å². The molecule has 1 heterocycles. The summed E-state index contributed by atoms with van der Waals surface area (Å²) in [7, 11) is 3.85. The largest absolute Gasteiger partial charge is 0.345 e. The van der Waals surface area contributed by atoms with Crippen molar-refractivity contribution >= 4 is 5.91 Å². The Morgan fingerprint density at radius 1 is 1.25 bits per heavy atom. The van der Waals surface area contributed by atoms with Gasteiger partial charge < -0.3 is 4.90 Å². The number of hydrogen-bond acceptors (Lipinski definition) is 2. The van der Waals surface area contributed by atoms with Gasteiger partial charge in [0.15, 0.2) is 0 Å². The molecular formula is C20H27N3O. The summed E-state index contributed by atoms with van der Waals surface area (Å²) in [4.78, 5) is 14.5. The molecule has 1 amide bonds. The second kappa shape index (κ2) is 6.08. The van der Waals surface area contributed by atoms with Crippen molar-refractivity contribution in [2.75, 3.05) is 13.6 Å². The van der Waals surface area contributed by atoms with Gasteiger partial charge in [-0.15, -0.1) is 0 Å². The summed E-state index contributed by atoms with van der Waals surface area (Å²) in [5.74, 6) is 0.203. The maximum absolute atomic E-state index is 12.6. The predicted octanol–water partition coefficient (Wildman–Crippen LogP) is 3.18. The summed E-state index contributed by atoms with van der Waals surface area (Å²) in [5, 5.41) is 4.16. The Hall–Kier alpha value is -2.10. The first-order chi connectivity index (χ1) is 11.4. The number of benzene rings is 1. The van der Waals surface area contributed by atoms with E-state index in [2.05, 4.69) is 49.3 Å². The molecule has 128 valence electrons. The number of carbonyl (C=O) groups is 1. The number of hydrogen-bond donors (Lipinski definition) is 0. The number of aryl methyl sites for hydroxylation is 2. The van der Waals surface area contributed by atoms with E-state index in [0.29, 0.717) is 6.42 Å². The van der Waals surface area contributed by atoms with Gasteiger partial charge in [-0.1, -0.05) is 44.2 Å². The molecule has 0 aliphatic heterocycles. The lowest BCUT2D eigenvalue weighted by molar-refractivity contribution is -0.130. The molecule has 1 aromatic carbocycles. The molecule has 3 rings (SSSR count). The summed E-state index contributed by atoms with van der Waals surface area (Å²) < 4.78 is 1.84. The van der Waals surface area contributed by atoms with E-state index in [-0.39, 0.29) is 16.7 Å². The van der Waals surface area contributed by atoms with Crippen molar-refractivity contribution in [2.45, 2.75) is 38.5 Å². The van der Waals surface area contributed by atoms with E-state index in [1.165, 1.54) is 5.56 Å². The Labute approximate surface area is 144 Å². The first-order valence-corrected chi connectivity index (χ1v) is 8.62. The lowest BCUT2D eigenvalue weighted by Crippen LogP contribution is -2.36. The number of rotatable bonds is 6. The van der Waals surface area contributed by atoms with Crippen LogP contribution in [0.2, 0.25) is 0 Å². The van der Waals surface area contributed by atoms with E-state index in [9.17, 15) is 4.79 Å². The average Bonchev–Trinajstić information content (AvgIpc) is 2.89. The average molecular weight is 325 g/mol. The third-order valence-electron chi connectivity index (χ3n) is 5.69. The second-order valence-corrected chi connectivity index (χ2v) is 7.70. The van der Waals surface area contributed by atoms with Gasteiger partial charge in [0.2, 0.25) is 5.91 Å². The maximum Gasteiger partial charge on any atom is 0.222 e. The summed E-state index contributed by atoms with van der Waals surface area (Å²) in [6.07, 6.45) is 4.17. The van der Waals surface area contributed by atoms with Crippen molar-refractivity contribution < 1.29 is 4.79 Å². The molecule has 0 unspecified atom stereocenters. The topological polar surface area (TPSA) is 38.1 Å². The molecule has 0 spiro atoms. The molecule has 1 aliphatic rings. The number of nitrogens with zero attached hydrogens (tertiary/aromatic N) is 3. The van der Waals surface area contributed by atoms with E-state index < -0.39 is 0 Å². The molecule has 24 heavy (non-hydrogen) atoms. The summed E-state index contributed by atoms with van der Waals surface area (Å²) >= 11 is 0. The summed E-state index contributed by atoms with van der Waals surface area (Å²) in [5.41, 5.74) is 2.78. The van der Waals surface area contributed by atoms with Crippen LogP contribution in [0, 0.1) is 5.41 Å². The van der Waals surface area contributed by atoms with Crippen LogP contribution in [0.25, 0.3) is 0 Å². The Balaban J connectivity index is 1.66. The molecule has 4 nitrogen and oxygen atoms in total. The minimum Gasteiger partial charge on any atom is -0.345 e. The van der Waals surface area contributed by atoms with Gasteiger partial charge in [0.25, 0.3) is 0 Å². The van der Waals surface area contributed by atoms with Crippen LogP contribution in [0.15, 0.2) is 42.6 Å². The van der Waals surface area contributed by atoms with Crippen LogP contribution < -0.4 is 0 Å². The first kappa shape index (κ1) is 16.7. The van der Waals surface area contributed by atoms with Gasteiger partial charge in [-0.05, 0) is 29.9 Å². The van der Waals surface area contributed by atoms with Crippen molar-refractivity contribution in [1.82, 2.24) is 14.7 Å². The Bertz CT molecular complexity index is 719. The maximum atomic E-state index is 12.6. The van der Waals surface area contributed by atoms with Crippen molar-refractivity contribution in [1.29, 1.82) is 0 Å². The number of carbonyl (C=O) groups excluding carboxylic acids is 1. The molecule has 1 fully saturated rings. The molecule has 0 N–H and O–H groups in total. The molecule has 0 bridgehead atoms. The van der Waals surface area contributed by atoms with Crippen LogP contribution in [0.1, 0.15) is 37.9 Å². The van der Waals surface area contributed by atoms with E-state index in [1.54, 1.807) is 6.20 Å². The van der Waals surface area contributed by atoms with E-state index in [4.69, 9.17) is 0 Å². The third kappa shape index (κ3) is 2.97. The highest BCUT2D eigenvalue weighted by molar-refractivity contribution is 5.76. The zero-order valence-electron chi connectivity index (χ0n) is 15.1. The number of likely N-dealkylation sites (N-methyl/N-ethyl adjacent to an activating group) is 1. The summed E-state index contributed by atoms with van der Waals surface area (Å²) in [6, 6.07) is 12.6. The van der Waals surface area contributed by atoms with Crippen LogP contribution in [-0.2, 0) is 23.7 Å². The Kier molecular flexibility index (Phi) is 4.24. The molecule has 4 heteroatoms. The highest BCUT2D eigenvalue weighted by atomic mass is 16.2. The third-order valence-corrected chi connectivity index (χ3v) is 5.69. The van der Waals surface area contributed by atoms with E-state index >= 15 is 0 Å². The molecule has 1 aromatic heterocycles. The van der Waals surface area contributed by atoms with Crippen LogP contribution in [-0.4, -0.2) is 34.2 Å². The van der Waals surface area contributed by atoms with Gasteiger partial charge in [-0.2, -0.15) is 5.10 Å². The minimum absolute atomic E-state index is 0.0885. The van der Waals surface area contributed by atoms with Gasteiger partial charge in [0.05, 0.1) is 0 Å². The summed E-state index contributed by atoms with van der Waals surface area (Å²) in [6.45, 7) is 5.39. The van der Waals surface area contributed by atoms with Gasteiger partial charge >= 0.3 is 0 Å². The Morgan fingerprint density at radius 2 is 1.92 bits per heavy atom. The molecule has 0 radical (unpaired) electrons. The van der Waals surface area contributed by atoms with Gasteiger partial charge in [-0.3, -0.25) is 9.48 Å². The fourth-order valence-electron chi connectivity index (χ4n) is 3.89. The molecule has 1 atom stereocenters. The molecule has 0 saturated heterocycles. The zero-order chi connectivity index (χ0) is 17.4. The van der Waals surface area contributed by atoms with E-state index in [0.717, 1.165) is 25.1 Å². The van der Waals surface area contributed by atoms with Gasteiger partial charge in [0.1, 0.15) is 0 Å².